The number of nitrogens with zero attached hydrogens (tertiary/aromatic N) is 1. The highest BCUT2D eigenvalue weighted by Gasteiger charge is 2.25. The van der Waals surface area contributed by atoms with E-state index in [9.17, 15) is 9.90 Å². The van der Waals surface area contributed by atoms with Crippen LogP contribution in [-0.2, 0) is 4.79 Å². The van der Waals surface area contributed by atoms with Gasteiger partial charge in [0, 0.05) is 19.1 Å². The largest absolute Gasteiger partial charge is 0.391 e. The number of nitrogens with one attached hydrogen (secondary N) is 1. The molecule has 2 rings (SSSR count). The second kappa shape index (κ2) is 4.94. The van der Waals surface area contributed by atoms with Crippen LogP contribution in [0.25, 0.3) is 0 Å². The van der Waals surface area contributed by atoms with Crippen molar-refractivity contribution in [2.45, 2.75) is 44.2 Å². The Morgan fingerprint density at radius 1 is 1.33 bits per heavy atom. The van der Waals surface area contributed by atoms with Crippen molar-refractivity contribution in [3.05, 3.63) is 0 Å². The standard InChI is InChI=1S/C11H20N2O2/c14-10-5-6-13(8-10)11(15)7-12-9-3-1-2-4-9/h9-10,12,14H,1-8H2/t10-/m1/s1. The van der Waals surface area contributed by atoms with Gasteiger partial charge in [-0.05, 0) is 19.3 Å². The Balaban J connectivity index is 1.67. The first kappa shape index (κ1) is 10.9. The van der Waals surface area contributed by atoms with Gasteiger partial charge in [-0.2, -0.15) is 0 Å². The Morgan fingerprint density at radius 2 is 2.07 bits per heavy atom. The molecule has 0 aromatic heterocycles. The van der Waals surface area contributed by atoms with E-state index < -0.39 is 0 Å². The average Bonchev–Trinajstić information content (AvgIpc) is 2.84. The summed E-state index contributed by atoms with van der Waals surface area (Å²) in [4.78, 5) is 13.5. The van der Waals surface area contributed by atoms with Crippen LogP contribution < -0.4 is 5.32 Å². The Labute approximate surface area is 90.6 Å². The SMILES string of the molecule is O=C(CNC1CCCC1)N1CC[C@@H](O)C1. The fourth-order valence-corrected chi connectivity index (χ4v) is 2.44. The number of aliphatic hydroxyl groups excluding tert-OH is 1. The molecule has 0 radical (unpaired) electrons. The Bertz CT molecular complexity index is 227. The molecule has 1 saturated heterocycles. The molecule has 1 amide bonds. The highest BCUT2D eigenvalue weighted by Crippen LogP contribution is 2.17. The molecule has 1 heterocycles. The monoisotopic (exact) mass is 212 g/mol. The van der Waals surface area contributed by atoms with Gasteiger partial charge >= 0.3 is 0 Å². The summed E-state index contributed by atoms with van der Waals surface area (Å²) in [7, 11) is 0. The van der Waals surface area contributed by atoms with Crippen molar-refractivity contribution in [2.75, 3.05) is 19.6 Å². The first-order valence-electron chi connectivity index (χ1n) is 5.95. The van der Waals surface area contributed by atoms with Crippen LogP contribution in [-0.4, -0.2) is 47.7 Å². The molecule has 0 aromatic rings. The lowest BCUT2D eigenvalue weighted by Gasteiger charge is -2.18. The third-order valence-corrected chi connectivity index (χ3v) is 3.41. The molecule has 1 saturated carbocycles. The first-order chi connectivity index (χ1) is 7.25. The lowest BCUT2D eigenvalue weighted by Crippen LogP contribution is -2.40. The molecule has 0 bridgehead atoms. The molecule has 86 valence electrons. The molecular formula is C11H20N2O2. The first-order valence-corrected chi connectivity index (χ1v) is 5.95. The molecule has 2 fully saturated rings. The molecule has 2 aliphatic rings. The minimum Gasteiger partial charge on any atom is -0.391 e. The van der Waals surface area contributed by atoms with E-state index in [4.69, 9.17) is 0 Å². The smallest absolute Gasteiger partial charge is 0.236 e. The summed E-state index contributed by atoms with van der Waals surface area (Å²) < 4.78 is 0. The maximum Gasteiger partial charge on any atom is 0.236 e. The lowest BCUT2D eigenvalue weighted by atomic mass is 10.2. The van der Waals surface area contributed by atoms with Crippen molar-refractivity contribution in [2.24, 2.45) is 0 Å². The summed E-state index contributed by atoms with van der Waals surface area (Å²) in [6, 6.07) is 0.543. The van der Waals surface area contributed by atoms with Gasteiger partial charge in [0.05, 0.1) is 12.6 Å². The summed E-state index contributed by atoms with van der Waals surface area (Å²) in [6.45, 7) is 1.68. The number of amides is 1. The number of aliphatic hydroxyl groups is 1. The summed E-state index contributed by atoms with van der Waals surface area (Å²) in [5.74, 6) is 0.137. The van der Waals surface area contributed by atoms with Gasteiger partial charge in [0.2, 0.25) is 5.91 Å². The zero-order valence-corrected chi connectivity index (χ0v) is 9.11. The van der Waals surface area contributed by atoms with Crippen molar-refractivity contribution in [1.29, 1.82) is 0 Å². The molecule has 4 nitrogen and oxygen atoms in total. The van der Waals surface area contributed by atoms with Crippen LogP contribution in [0.5, 0.6) is 0 Å². The summed E-state index contributed by atoms with van der Waals surface area (Å²) >= 11 is 0. The van der Waals surface area contributed by atoms with Crippen molar-refractivity contribution >= 4 is 5.91 Å². The molecular weight excluding hydrogens is 192 g/mol. The second-order valence-electron chi connectivity index (χ2n) is 4.64. The number of hydrogen-bond acceptors (Lipinski definition) is 3. The quantitative estimate of drug-likeness (QED) is 0.698. The highest BCUT2D eigenvalue weighted by atomic mass is 16.3. The van der Waals surface area contributed by atoms with Gasteiger partial charge in [0.15, 0.2) is 0 Å². The van der Waals surface area contributed by atoms with Crippen molar-refractivity contribution in [3.8, 4) is 0 Å². The number of hydrogen-bond donors (Lipinski definition) is 2. The van der Waals surface area contributed by atoms with Crippen LogP contribution in [0.2, 0.25) is 0 Å². The van der Waals surface area contributed by atoms with Crippen LogP contribution in [0.3, 0.4) is 0 Å². The van der Waals surface area contributed by atoms with Crippen LogP contribution in [0.15, 0.2) is 0 Å². The zero-order valence-electron chi connectivity index (χ0n) is 9.11. The molecule has 2 N–H and O–H groups in total. The van der Waals surface area contributed by atoms with E-state index in [-0.39, 0.29) is 12.0 Å². The molecule has 4 heteroatoms. The molecule has 1 aliphatic carbocycles. The van der Waals surface area contributed by atoms with E-state index >= 15 is 0 Å². The topological polar surface area (TPSA) is 52.6 Å². The predicted octanol–water partition coefficient (Wildman–Crippen LogP) is 0.112. The summed E-state index contributed by atoms with van der Waals surface area (Å²) in [5, 5.41) is 12.6. The van der Waals surface area contributed by atoms with E-state index in [1.54, 1.807) is 4.90 Å². The molecule has 15 heavy (non-hydrogen) atoms. The van der Waals surface area contributed by atoms with E-state index in [0.29, 0.717) is 25.7 Å². The minimum absolute atomic E-state index is 0.137. The molecule has 0 spiro atoms. The summed E-state index contributed by atoms with van der Waals surface area (Å²) in [5.41, 5.74) is 0. The number of carbonyl (C=O) groups is 1. The third-order valence-electron chi connectivity index (χ3n) is 3.41. The average molecular weight is 212 g/mol. The van der Waals surface area contributed by atoms with Gasteiger partial charge in [0.25, 0.3) is 0 Å². The van der Waals surface area contributed by atoms with Gasteiger partial charge in [-0.15, -0.1) is 0 Å². The van der Waals surface area contributed by atoms with Crippen molar-refractivity contribution in [1.82, 2.24) is 10.2 Å². The van der Waals surface area contributed by atoms with Crippen LogP contribution >= 0.6 is 0 Å². The van der Waals surface area contributed by atoms with Gasteiger partial charge in [0.1, 0.15) is 0 Å². The van der Waals surface area contributed by atoms with Gasteiger partial charge in [-0.25, -0.2) is 0 Å². The number of rotatable bonds is 3. The molecule has 0 aromatic carbocycles. The van der Waals surface area contributed by atoms with Crippen molar-refractivity contribution < 1.29 is 9.90 Å². The maximum absolute atomic E-state index is 11.7. The van der Waals surface area contributed by atoms with E-state index in [0.717, 1.165) is 6.42 Å². The van der Waals surface area contributed by atoms with Gasteiger partial charge in [-0.3, -0.25) is 4.79 Å². The number of carbonyl (C=O) groups excluding carboxylic acids is 1. The zero-order chi connectivity index (χ0) is 10.7. The van der Waals surface area contributed by atoms with E-state index in [1.807, 2.05) is 0 Å². The van der Waals surface area contributed by atoms with Crippen LogP contribution in [0.1, 0.15) is 32.1 Å². The molecule has 0 unspecified atom stereocenters. The minimum atomic E-state index is -0.305. The van der Waals surface area contributed by atoms with Crippen molar-refractivity contribution in [3.63, 3.8) is 0 Å². The fourth-order valence-electron chi connectivity index (χ4n) is 2.44. The summed E-state index contributed by atoms with van der Waals surface area (Å²) in [6.07, 6.45) is 5.41. The Hall–Kier alpha value is -0.610. The van der Waals surface area contributed by atoms with Crippen LogP contribution in [0.4, 0.5) is 0 Å². The second-order valence-corrected chi connectivity index (χ2v) is 4.64. The predicted molar refractivity (Wildman–Crippen MR) is 57.5 cm³/mol. The number of β-amino-alcohol motifs (C(OH)–C–C–N with tert-alkyl or cyclic N) is 1. The van der Waals surface area contributed by atoms with Gasteiger partial charge in [-0.1, -0.05) is 12.8 Å². The van der Waals surface area contributed by atoms with E-state index in [1.165, 1.54) is 25.7 Å². The lowest BCUT2D eigenvalue weighted by molar-refractivity contribution is -0.129. The fraction of sp³-hybridized carbons (Fsp3) is 0.909. The van der Waals surface area contributed by atoms with Gasteiger partial charge < -0.3 is 15.3 Å². The third kappa shape index (κ3) is 2.92. The van der Waals surface area contributed by atoms with Crippen LogP contribution in [0, 0.1) is 0 Å². The molecule has 1 aliphatic heterocycles. The maximum atomic E-state index is 11.7. The Kier molecular flexibility index (Phi) is 3.59. The normalized spacial score (nSPS) is 27.5. The molecule has 1 atom stereocenters. The van der Waals surface area contributed by atoms with E-state index in [2.05, 4.69) is 5.32 Å². The Morgan fingerprint density at radius 3 is 2.67 bits per heavy atom. The highest BCUT2D eigenvalue weighted by molar-refractivity contribution is 5.78. The number of likely N-dealkylation sites (tertiary alicyclic amines) is 1.